The summed E-state index contributed by atoms with van der Waals surface area (Å²) in [5, 5.41) is 0. The van der Waals surface area contributed by atoms with Gasteiger partial charge in [-0.1, -0.05) is 19.9 Å². The van der Waals surface area contributed by atoms with E-state index in [0.29, 0.717) is 36.1 Å². The van der Waals surface area contributed by atoms with Crippen molar-refractivity contribution in [2.75, 3.05) is 13.7 Å². The first-order valence-electron chi connectivity index (χ1n) is 12.4. The second-order valence-electron chi connectivity index (χ2n) is 9.77. The van der Waals surface area contributed by atoms with Crippen LogP contribution in [0.3, 0.4) is 0 Å². The number of carbonyl (C=O) groups is 1. The van der Waals surface area contributed by atoms with Crippen molar-refractivity contribution in [3.63, 3.8) is 0 Å². The molecule has 3 aromatic rings. The normalized spacial score (nSPS) is 16.4. The monoisotopic (exact) mass is 530 g/mol. The van der Waals surface area contributed by atoms with Crippen molar-refractivity contribution >= 4 is 6.09 Å². The van der Waals surface area contributed by atoms with Crippen LogP contribution in [-0.4, -0.2) is 29.6 Å². The van der Waals surface area contributed by atoms with Gasteiger partial charge in [0, 0.05) is 36.6 Å². The maximum absolute atomic E-state index is 14.7. The number of halogens is 4. The zero-order valence-corrected chi connectivity index (χ0v) is 21.7. The number of hydrogen-bond donors (Lipinski definition) is 0. The Morgan fingerprint density at radius 1 is 1.13 bits per heavy atom. The molecule has 1 fully saturated rings. The third-order valence-corrected chi connectivity index (χ3v) is 6.71. The first-order chi connectivity index (χ1) is 18.0. The molecule has 2 aromatic carbocycles. The number of benzene rings is 2. The molecule has 5 nitrogen and oxygen atoms in total. The second-order valence-corrected chi connectivity index (χ2v) is 9.77. The van der Waals surface area contributed by atoms with Crippen molar-refractivity contribution < 1.29 is 31.8 Å². The van der Waals surface area contributed by atoms with Crippen molar-refractivity contribution in [3.05, 3.63) is 82.4 Å². The van der Waals surface area contributed by atoms with Gasteiger partial charge in [-0.05, 0) is 78.3 Å². The molecule has 9 heteroatoms. The highest BCUT2D eigenvalue weighted by atomic mass is 19.4. The van der Waals surface area contributed by atoms with Gasteiger partial charge in [-0.25, -0.2) is 9.18 Å². The highest BCUT2D eigenvalue weighted by Gasteiger charge is 2.33. The quantitative estimate of drug-likeness (QED) is 0.305. The molecule has 0 aliphatic carbocycles. The number of hydrogen-bond acceptors (Lipinski definition) is 4. The Morgan fingerprint density at radius 2 is 1.89 bits per heavy atom. The lowest BCUT2D eigenvalue weighted by Crippen LogP contribution is -2.30. The third kappa shape index (κ3) is 5.92. The number of pyridine rings is 1. The number of rotatable bonds is 6. The van der Waals surface area contributed by atoms with Crippen molar-refractivity contribution in [1.82, 2.24) is 9.88 Å². The van der Waals surface area contributed by atoms with Crippen LogP contribution in [0.25, 0.3) is 11.1 Å². The molecular weight excluding hydrogens is 500 g/mol. The van der Waals surface area contributed by atoms with Gasteiger partial charge >= 0.3 is 12.3 Å². The fraction of sp³-hybridized carbons (Fsp3) is 0.379. The first kappa shape index (κ1) is 27.4. The molecule has 0 unspecified atom stereocenters. The van der Waals surface area contributed by atoms with Crippen LogP contribution in [0.1, 0.15) is 66.7 Å². The van der Waals surface area contributed by atoms with Crippen LogP contribution in [0.15, 0.2) is 48.7 Å². The number of carbonyl (C=O) groups excluding carboxylic acids is 1. The number of cyclic esters (lactones) is 1. The van der Waals surface area contributed by atoms with Gasteiger partial charge in [-0.15, -0.1) is 0 Å². The lowest BCUT2D eigenvalue weighted by molar-refractivity contribution is -0.137. The van der Waals surface area contributed by atoms with E-state index in [1.807, 2.05) is 26.8 Å². The van der Waals surface area contributed by atoms with Gasteiger partial charge in [0.1, 0.15) is 17.7 Å². The van der Waals surface area contributed by atoms with Crippen molar-refractivity contribution in [2.24, 2.45) is 0 Å². The predicted molar refractivity (Wildman–Crippen MR) is 135 cm³/mol. The molecule has 2 heterocycles. The van der Waals surface area contributed by atoms with E-state index in [2.05, 4.69) is 4.98 Å². The van der Waals surface area contributed by atoms with E-state index in [9.17, 15) is 22.4 Å². The SMILES string of the molecule is COc1cc(F)c(C(C)C)cc1-c1ccc(C(F)(F)F)cc1CN1CCC[C@@H](c2ccnc(C)c2)OC1=O. The summed E-state index contributed by atoms with van der Waals surface area (Å²) < 4.78 is 66.9. The van der Waals surface area contributed by atoms with Gasteiger partial charge < -0.3 is 14.4 Å². The number of aryl methyl sites for hydroxylation is 1. The van der Waals surface area contributed by atoms with Crippen molar-refractivity contribution in [2.45, 2.75) is 58.4 Å². The Kier molecular flexibility index (Phi) is 7.94. The number of amides is 1. The van der Waals surface area contributed by atoms with E-state index in [-0.39, 0.29) is 23.8 Å². The third-order valence-electron chi connectivity index (χ3n) is 6.71. The van der Waals surface area contributed by atoms with Crippen LogP contribution >= 0.6 is 0 Å². The summed E-state index contributed by atoms with van der Waals surface area (Å²) in [7, 11) is 1.38. The van der Waals surface area contributed by atoms with Crippen LogP contribution in [0.4, 0.5) is 22.4 Å². The highest BCUT2D eigenvalue weighted by molar-refractivity contribution is 5.76. The smallest absolute Gasteiger partial charge is 0.416 e. The molecule has 1 atom stereocenters. The zero-order chi connectivity index (χ0) is 27.6. The number of nitrogens with zero attached hydrogens (tertiary/aromatic N) is 2. The summed E-state index contributed by atoms with van der Waals surface area (Å²) in [5.74, 6) is -0.422. The van der Waals surface area contributed by atoms with Gasteiger partial charge in [-0.3, -0.25) is 4.98 Å². The van der Waals surface area contributed by atoms with Gasteiger partial charge in [0.15, 0.2) is 0 Å². The summed E-state index contributed by atoms with van der Waals surface area (Å²) in [6, 6.07) is 9.86. The maximum Gasteiger partial charge on any atom is 0.416 e. The Balaban J connectivity index is 1.73. The fourth-order valence-corrected chi connectivity index (χ4v) is 4.72. The number of alkyl halides is 3. The molecule has 4 rings (SSSR count). The lowest BCUT2D eigenvalue weighted by atomic mass is 9.92. The average Bonchev–Trinajstić information content (AvgIpc) is 3.04. The summed E-state index contributed by atoms with van der Waals surface area (Å²) in [4.78, 5) is 18.7. The molecule has 0 N–H and O–H groups in total. The second kappa shape index (κ2) is 11.0. The molecule has 1 aliphatic rings. The molecule has 38 heavy (non-hydrogen) atoms. The molecule has 202 valence electrons. The molecule has 1 aliphatic heterocycles. The number of methoxy groups -OCH3 is 1. The van der Waals surface area contributed by atoms with E-state index in [1.165, 1.54) is 24.1 Å². The van der Waals surface area contributed by atoms with E-state index in [4.69, 9.17) is 9.47 Å². The van der Waals surface area contributed by atoms with Crippen molar-refractivity contribution in [3.8, 4) is 16.9 Å². The van der Waals surface area contributed by atoms with Gasteiger partial charge in [0.05, 0.1) is 12.7 Å². The minimum Gasteiger partial charge on any atom is -0.496 e. The fourth-order valence-electron chi connectivity index (χ4n) is 4.72. The molecule has 1 amide bonds. The largest absolute Gasteiger partial charge is 0.496 e. The van der Waals surface area contributed by atoms with E-state index in [1.54, 1.807) is 18.3 Å². The standard InChI is InChI=1S/C29H30F4N2O3/c1-17(2)23-14-24(27(37-4)15-25(23)30)22-8-7-21(29(31,32)33)13-20(22)16-35-11-5-6-26(38-28(35)36)19-9-10-34-18(3)12-19/h7-10,12-15,17,26H,5-6,11,16H2,1-4H3/t26-/m0/s1. The summed E-state index contributed by atoms with van der Waals surface area (Å²) in [6.45, 7) is 5.70. The minimum atomic E-state index is -4.58. The van der Waals surface area contributed by atoms with Gasteiger partial charge in [-0.2, -0.15) is 13.2 Å². The van der Waals surface area contributed by atoms with Crippen LogP contribution < -0.4 is 4.74 Å². The summed E-state index contributed by atoms with van der Waals surface area (Å²) in [5.41, 5.74) is 2.33. The Bertz CT molecular complexity index is 1320. The van der Waals surface area contributed by atoms with E-state index < -0.39 is 29.8 Å². The van der Waals surface area contributed by atoms with Gasteiger partial charge in [0.2, 0.25) is 0 Å². The summed E-state index contributed by atoms with van der Waals surface area (Å²) in [6.07, 6.45) is -2.83. The molecule has 0 spiro atoms. The van der Waals surface area contributed by atoms with Crippen molar-refractivity contribution in [1.29, 1.82) is 0 Å². The Labute approximate surface area is 219 Å². The Morgan fingerprint density at radius 3 is 2.55 bits per heavy atom. The van der Waals surface area contributed by atoms with Crippen LogP contribution in [0, 0.1) is 12.7 Å². The topological polar surface area (TPSA) is 51.7 Å². The predicted octanol–water partition coefficient (Wildman–Crippen LogP) is 7.82. The molecule has 1 saturated heterocycles. The van der Waals surface area contributed by atoms with Crippen LogP contribution in [-0.2, 0) is 17.5 Å². The van der Waals surface area contributed by atoms with Crippen LogP contribution in [0.5, 0.6) is 5.75 Å². The highest BCUT2D eigenvalue weighted by Crippen LogP contribution is 2.40. The van der Waals surface area contributed by atoms with E-state index >= 15 is 0 Å². The van der Waals surface area contributed by atoms with Gasteiger partial charge in [0.25, 0.3) is 0 Å². The average molecular weight is 531 g/mol. The molecule has 1 aromatic heterocycles. The maximum atomic E-state index is 14.7. The molecular formula is C29H30F4N2O3. The zero-order valence-electron chi connectivity index (χ0n) is 21.7. The first-order valence-corrected chi connectivity index (χ1v) is 12.4. The molecule has 0 bridgehead atoms. The minimum absolute atomic E-state index is 0.113. The van der Waals surface area contributed by atoms with E-state index in [0.717, 1.165) is 23.4 Å². The lowest BCUT2D eigenvalue weighted by Gasteiger charge is -2.24. The molecule has 0 radical (unpaired) electrons. The van der Waals surface area contributed by atoms with Crippen LogP contribution in [0.2, 0.25) is 0 Å². The number of ether oxygens (including phenoxy) is 2. The molecule has 0 saturated carbocycles. The Hall–Kier alpha value is -3.62. The summed E-state index contributed by atoms with van der Waals surface area (Å²) >= 11 is 0. The number of aromatic nitrogens is 1.